The number of anilines is 1. The van der Waals surface area contributed by atoms with E-state index in [-0.39, 0.29) is 41.0 Å². The van der Waals surface area contributed by atoms with E-state index >= 15 is 0 Å². The molecule has 3 saturated carbocycles. The van der Waals surface area contributed by atoms with Gasteiger partial charge in [-0.05, 0) is 75.3 Å². The third kappa shape index (κ3) is 5.20. The van der Waals surface area contributed by atoms with E-state index < -0.39 is 11.8 Å². The molecule has 2 aromatic heterocycles. The Morgan fingerprint density at radius 1 is 1.10 bits per heavy atom. The molecule has 0 N–H and O–H groups in total. The Kier molecular flexibility index (Phi) is 7.23. The second-order valence-electron chi connectivity index (χ2n) is 12.8. The van der Waals surface area contributed by atoms with E-state index in [0.717, 1.165) is 55.1 Å². The molecular formula is C32H38FN3O5S. The molecule has 1 aliphatic heterocycles. The molecule has 10 heteroatoms. The minimum atomic E-state index is -0.576. The lowest BCUT2D eigenvalue weighted by atomic mass is 9.77. The summed E-state index contributed by atoms with van der Waals surface area (Å²) < 4.78 is 32.3. The average Bonchev–Trinajstić information content (AvgIpc) is 3.89. The van der Waals surface area contributed by atoms with Gasteiger partial charge in [-0.15, -0.1) is 0 Å². The van der Waals surface area contributed by atoms with Gasteiger partial charge >= 0.3 is 11.9 Å². The summed E-state index contributed by atoms with van der Waals surface area (Å²) >= 11 is 1.38. The normalized spacial score (nSPS) is 23.8. The maximum atomic E-state index is 14.9. The highest BCUT2D eigenvalue weighted by molar-refractivity contribution is 7.22. The lowest BCUT2D eigenvalue weighted by Gasteiger charge is -2.39. The standard InChI is InChI=1S/C32H38FN3O5S/c1-3-4-21-17-22(9-14-36(21)31-34-27-23(33)15-20(29(37)39-2)16-24(27)42-31)40-30(38)25-26(35-41-28(25)19-5-6-19)18-7-10-32(11-8-18)12-13-32/h15-16,18-19,21-22H,3-14,17H2,1-2H3/t21-,22-/m1/s1. The third-order valence-electron chi connectivity index (χ3n) is 9.95. The molecule has 0 radical (unpaired) electrons. The molecule has 7 rings (SSSR count). The largest absolute Gasteiger partial charge is 0.465 e. The van der Waals surface area contributed by atoms with Crippen LogP contribution < -0.4 is 4.90 Å². The van der Waals surface area contributed by atoms with Gasteiger partial charge in [0.15, 0.2) is 16.7 Å². The Labute approximate surface area is 248 Å². The van der Waals surface area contributed by atoms with Gasteiger partial charge in [0, 0.05) is 37.3 Å². The van der Waals surface area contributed by atoms with Crippen LogP contribution >= 0.6 is 11.3 Å². The lowest BCUT2D eigenvalue weighted by molar-refractivity contribution is 0.0202. The van der Waals surface area contributed by atoms with Gasteiger partial charge in [-0.25, -0.2) is 19.0 Å². The van der Waals surface area contributed by atoms with E-state index in [1.54, 1.807) is 6.07 Å². The zero-order valence-electron chi connectivity index (χ0n) is 24.3. The monoisotopic (exact) mass is 595 g/mol. The van der Waals surface area contributed by atoms with E-state index in [9.17, 15) is 14.0 Å². The molecule has 1 saturated heterocycles. The molecule has 0 bridgehead atoms. The highest BCUT2D eigenvalue weighted by atomic mass is 32.1. The van der Waals surface area contributed by atoms with Crippen LogP contribution in [0, 0.1) is 11.2 Å². The van der Waals surface area contributed by atoms with Crippen molar-refractivity contribution in [1.82, 2.24) is 10.1 Å². The molecule has 3 aromatic rings. The van der Waals surface area contributed by atoms with Gasteiger partial charge < -0.3 is 18.9 Å². The van der Waals surface area contributed by atoms with E-state index in [2.05, 4.69) is 22.0 Å². The van der Waals surface area contributed by atoms with Gasteiger partial charge in [-0.2, -0.15) is 0 Å². The second-order valence-corrected chi connectivity index (χ2v) is 13.8. The molecule has 0 amide bonds. The summed E-state index contributed by atoms with van der Waals surface area (Å²) in [6.45, 7) is 2.78. The Bertz CT molecular complexity index is 1500. The number of thiazole rings is 1. The topological polar surface area (TPSA) is 94.8 Å². The first-order chi connectivity index (χ1) is 20.4. The third-order valence-corrected chi connectivity index (χ3v) is 11.0. The molecular weight excluding hydrogens is 557 g/mol. The average molecular weight is 596 g/mol. The quantitative estimate of drug-likeness (QED) is 0.247. The summed E-state index contributed by atoms with van der Waals surface area (Å²) in [7, 11) is 1.28. The van der Waals surface area contributed by atoms with Crippen LogP contribution in [0.15, 0.2) is 16.7 Å². The molecule has 42 heavy (non-hydrogen) atoms. The fraction of sp³-hybridized carbons (Fsp3) is 0.625. The van der Waals surface area contributed by atoms with Gasteiger partial charge in [-0.3, -0.25) is 0 Å². The Morgan fingerprint density at radius 3 is 2.57 bits per heavy atom. The minimum absolute atomic E-state index is 0.100. The first-order valence-corrected chi connectivity index (χ1v) is 16.3. The molecule has 4 fully saturated rings. The number of hydrogen-bond donors (Lipinski definition) is 0. The summed E-state index contributed by atoms with van der Waals surface area (Å²) in [6, 6.07) is 2.92. The van der Waals surface area contributed by atoms with E-state index in [0.29, 0.717) is 35.1 Å². The number of halogens is 1. The second kappa shape index (κ2) is 10.9. The van der Waals surface area contributed by atoms with Crippen LogP contribution in [0.4, 0.5) is 9.52 Å². The highest BCUT2D eigenvalue weighted by Gasteiger charge is 2.47. The number of nitrogens with zero attached hydrogens (tertiary/aromatic N) is 3. The van der Waals surface area contributed by atoms with Crippen molar-refractivity contribution in [1.29, 1.82) is 0 Å². The number of fused-ring (bicyclic) bond motifs is 1. The molecule has 1 spiro atoms. The molecule has 224 valence electrons. The van der Waals surface area contributed by atoms with Gasteiger partial charge in [0.2, 0.25) is 0 Å². The first-order valence-electron chi connectivity index (χ1n) is 15.5. The molecule has 8 nitrogen and oxygen atoms in total. The van der Waals surface area contributed by atoms with Crippen molar-refractivity contribution in [3.63, 3.8) is 0 Å². The summed E-state index contributed by atoms with van der Waals surface area (Å²) in [5, 5.41) is 5.20. The number of methoxy groups -OCH3 is 1. The van der Waals surface area contributed by atoms with Gasteiger partial charge in [0.05, 0.1) is 17.4 Å². The number of piperidine rings is 1. The number of rotatable bonds is 8. The fourth-order valence-corrected chi connectivity index (χ4v) is 8.25. The van der Waals surface area contributed by atoms with Crippen molar-refractivity contribution >= 4 is 38.6 Å². The van der Waals surface area contributed by atoms with E-state index in [4.69, 9.17) is 14.0 Å². The summed E-state index contributed by atoms with van der Waals surface area (Å²) in [4.78, 5) is 32.6. The molecule has 3 aliphatic carbocycles. The van der Waals surface area contributed by atoms with Crippen molar-refractivity contribution < 1.29 is 28.0 Å². The van der Waals surface area contributed by atoms with Crippen molar-refractivity contribution in [2.75, 3.05) is 18.6 Å². The zero-order chi connectivity index (χ0) is 29.0. The summed E-state index contributed by atoms with van der Waals surface area (Å²) in [5.41, 5.74) is 2.43. The summed E-state index contributed by atoms with van der Waals surface area (Å²) in [5.74, 6) is -0.122. The molecule has 3 heterocycles. The van der Waals surface area contributed by atoms with Crippen LogP contribution in [0.3, 0.4) is 0 Å². The number of esters is 2. The maximum Gasteiger partial charge on any atom is 0.344 e. The minimum Gasteiger partial charge on any atom is -0.465 e. The van der Waals surface area contributed by atoms with Crippen molar-refractivity contribution in [2.24, 2.45) is 5.41 Å². The van der Waals surface area contributed by atoms with Crippen molar-refractivity contribution in [3.05, 3.63) is 40.5 Å². The maximum absolute atomic E-state index is 14.9. The highest BCUT2D eigenvalue weighted by Crippen LogP contribution is 2.59. The van der Waals surface area contributed by atoms with Gasteiger partial charge in [0.25, 0.3) is 0 Å². The number of hydrogen-bond acceptors (Lipinski definition) is 9. The zero-order valence-corrected chi connectivity index (χ0v) is 25.1. The fourth-order valence-electron chi connectivity index (χ4n) is 7.13. The van der Waals surface area contributed by atoms with Crippen molar-refractivity contribution in [3.8, 4) is 0 Å². The Balaban J connectivity index is 1.08. The number of benzene rings is 1. The lowest BCUT2D eigenvalue weighted by Crippen LogP contribution is -2.45. The predicted octanol–water partition coefficient (Wildman–Crippen LogP) is 7.52. The number of carbonyl (C=O) groups excluding carboxylic acids is 2. The van der Waals surface area contributed by atoms with Crippen LogP contribution in [-0.4, -0.2) is 47.9 Å². The predicted molar refractivity (Wildman–Crippen MR) is 157 cm³/mol. The smallest absolute Gasteiger partial charge is 0.344 e. The van der Waals surface area contributed by atoms with Crippen LogP contribution in [0.2, 0.25) is 0 Å². The number of ether oxygens (including phenoxy) is 2. The van der Waals surface area contributed by atoms with Crippen LogP contribution in [0.25, 0.3) is 10.2 Å². The number of carbonyl (C=O) groups is 2. The van der Waals surface area contributed by atoms with Crippen LogP contribution in [-0.2, 0) is 9.47 Å². The van der Waals surface area contributed by atoms with E-state index in [1.807, 2.05) is 0 Å². The summed E-state index contributed by atoms with van der Waals surface area (Å²) in [6.07, 6.45) is 12.3. The Hall–Kier alpha value is -3.01. The first kappa shape index (κ1) is 27.8. The van der Waals surface area contributed by atoms with E-state index in [1.165, 1.54) is 50.2 Å². The van der Waals surface area contributed by atoms with Crippen LogP contribution in [0.5, 0.6) is 0 Å². The van der Waals surface area contributed by atoms with Crippen molar-refractivity contribution in [2.45, 2.75) is 108 Å². The van der Waals surface area contributed by atoms with Gasteiger partial charge in [-0.1, -0.05) is 29.8 Å². The van der Waals surface area contributed by atoms with Gasteiger partial charge in [0.1, 0.15) is 22.9 Å². The Morgan fingerprint density at radius 2 is 1.88 bits per heavy atom. The molecule has 4 aliphatic rings. The SMILES string of the molecule is CCC[C@@H]1C[C@H](OC(=O)c2c(C3CCC4(CC3)CC4)noc2C2CC2)CCN1c1nc2c(F)cc(C(=O)OC)cc2s1. The molecule has 0 unspecified atom stereocenters. The molecule has 2 atom stereocenters. The molecule has 1 aromatic carbocycles. The van der Waals surface area contributed by atoms with Crippen LogP contribution in [0.1, 0.15) is 128 Å². The number of aromatic nitrogens is 2.